The number of carbonyl (C=O) groups excluding carboxylic acids is 1. The van der Waals surface area contributed by atoms with Crippen LogP contribution in [-0.4, -0.2) is 20.1 Å². The molecule has 0 aliphatic heterocycles. The Morgan fingerprint density at radius 1 is 1.18 bits per heavy atom. The van der Waals surface area contributed by atoms with Crippen LogP contribution < -0.4 is 5.32 Å². The van der Waals surface area contributed by atoms with Gasteiger partial charge in [-0.2, -0.15) is 0 Å². The summed E-state index contributed by atoms with van der Waals surface area (Å²) in [6.45, 7) is 3.18. The van der Waals surface area contributed by atoms with Gasteiger partial charge in [0.05, 0.1) is 16.2 Å². The number of aryl methyl sites for hydroxylation is 1. The van der Waals surface area contributed by atoms with Crippen LogP contribution >= 0.6 is 0 Å². The van der Waals surface area contributed by atoms with Gasteiger partial charge in [-0.25, -0.2) is 12.8 Å². The van der Waals surface area contributed by atoms with Gasteiger partial charge in [0.25, 0.3) is 5.91 Å². The minimum absolute atomic E-state index is 0.00485. The third-order valence-electron chi connectivity index (χ3n) is 3.28. The van der Waals surface area contributed by atoms with Crippen molar-refractivity contribution in [2.45, 2.75) is 18.7 Å². The summed E-state index contributed by atoms with van der Waals surface area (Å²) in [5, 5.41) is 2.62. The highest BCUT2D eigenvalue weighted by Crippen LogP contribution is 2.21. The largest absolute Gasteiger partial charge is 0.322 e. The van der Waals surface area contributed by atoms with E-state index in [0.29, 0.717) is 11.3 Å². The number of rotatable bonds is 4. The monoisotopic (exact) mass is 321 g/mol. The first-order valence-corrected chi connectivity index (χ1v) is 8.39. The molecule has 0 radical (unpaired) electrons. The van der Waals surface area contributed by atoms with Crippen molar-refractivity contribution in [1.82, 2.24) is 0 Å². The summed E-state index contributed by atoms with van der Waals surface area (Å²) in [4.78, 5) is 12.4. The molecule has 6 heteroatoms. The fraction of sp³-hybridized carbons (Fsp3) is 0.188. The number of halogens is 1. The zero-order valence-electron chi connectivity index (χ0n) is 12.3. The summed E-state index contributed by atoms with van der Waals surface area (Å²) in [6, 6.07) is 10.0. The number of carbonyl (C=O) groups is 1. The Morgan fingerprint density at radius 2 is 1.86 bits per heavy atom. The summed E-state index contributed by atoms with van der Waals surface area (Å²) in [5.41, 5.74) is 1.08. The smallest absolute Gasteiger partial charge is 0.256 e. The molecule has 4 nitrogen and oxygen atoms in total. The van der Waals surface area contributed by atoms with E-state index >= 15 is 0 Å². The van der Waals surface area contributed by atoms with E-state index in [0.717, 1.165) is 0 Å². The summed E-state index contributed by atoms with van der Waals surface area (Å²) in [6.07, 6.45) is 0. The van der Waals surface area contributed by atoms with E-state index in [1.54, 1.807) is 19.1 Å². The zero-order chi connectivity index (χ0) is 16.3. The van der Waals surface area contributed by atoms with E-state index in [1.165, 1.54) is 37.3 Å². The van der Waals surface area contributed by atoms with Crippen molar-refractivity contribution in [3.8, 4) is 0 Å². The molecule has 0 fully saturated rings. The predicted molar refractivity (Wildman–Crippen MR) is 83.3 cm³/mol. The number of sulfone groups is 1. The van der Waals surface area contributed by atoms with Crippen LogP contribution in [-0.2, 0) is 9.84 Å². The van der Waals surface area contributed by atoms with Crippen LogP contribution in [0.5, 0.6) is 0 Å². The second-order valence-corrected chi connectivity index (χ2v) is 7.06. The number of hydrogen-bond donors (Lipinski definition) is 1. The van der Waals surface area contributed by atoms with Crippen molar-refractivity contribution < 1.29 is 17.6 Å². The Kier molecular flexibility index (Phi) is 4.61. The van der Waals surface area contributed by atoms with Crippen molar-refractivity contribution >= 4 is 21.4 Å². The van der Waals surface area contributed by atoms with Crippen LogP contribution in [0.15, 0.2) is 47.4 Å². The maximum absolute atomic E-state index is 13.1. The molecule has 1 amide bonds. The molecular formula is C16H16FNO3S. The maximum atomic E-state index is 13.1. The standard InChI is InChI=1S/C16H16FNO3S/c1-3-22(20,21)15-7-5-4-6-13(15)16(19)18-14-9-8-12(17)10-11(14)2/h4-10H,3H2,1-2H3,(H,18,19). The van der Waals surface area contributed by atoms with Gasteiger partial charge in [0.15, 0.2) is 9.84 Å². The Balaban J connectivity index is 2.39. The summed E-state index contributed by atoms with van der Waals surface area (Å²) in [7, 11) is -3.50. The molecule has 0 aromatic heterocycles. The van der Waals surface area contributed by atoms with Crippen LogP contribution in [0.2, 0.25) is 0 Å². The Hall–Kier alpha value is -2.21. The average Bonchev–Trinajstić information content (AvgIpc) is 2.50. The van der Waals surface area contributed by atoms with Gasteiger partial charge in [0.1, 0.15) is 5.82 Å². The minimum atomic E-state index is -3.50. The minimum Gasteiger partial charge on any atom is -0.322 e. The summed E-state index contributed by atoms with van der Waals surface area (Å²) in [5.74, 6) is -1.03. The molecule has 0 saturated carbocycles. The first-order chi connectivity index (χ1) is 10.3. The first-order valence-electron chi connectivity index (χ1n) is 6.74. The van der Waals surface area contributed by atoms with E-state index in [2.05, 4.69) is 5.32 Å². The van der Waals surface area contributed by atoms with Gasteiger partial charge in [0.2, 0.25) is 0 Å². The van der Waals surface area contributed by atoms with Crippen molar-refractivity contribution in [1.29, 1.82) is 0 Å². The van der Waals surface area contributed by atoms with E-state index < -0.39 is 21.6 Å². The Labute approximate surface area is 128 Å². The molecule has 0 unspecified atom stereocenters. The maximum Gasteiger partial charge on any atom is 0.256 e. The molecule has 0 bridgehead atoms. The third kappa shape index (κ3) is 3.33. The topological polar surface area (TPSA) is 63.2 Å². The lowest BCUT2D eigenvalue weighted by Crippen LogP contribution is -2.17. The van der Waals surface area contributed by atoms with Crippen LogP contribution in [0.4, 0.5) is 10.1 Å². The van der Waals surface area contributed by atoms with Crippen LogP contribution in [0.25, 0.3) is 0 Å². The van der Waals surface area contributed by atoms with Crippen LogP contribution in [0.3, 0.4) is 0 Å². The highest BCUT2D eigenvalue weighted by molar-refractivity contribution is 7.91. The molecule has 22 heavy (non-hydrogen) atoms. The normalized spacial score (nSPS) is 11.2. The zero-order valence-corrected chi connectivity index (χ0v) is 13.1. The lowest BCUT2D eigenvalue weighted by molar-refractivity contribution is 0.102. The number of anilines is 1. The van der Waals surface area contributed by atoms with Crippen LogP contribution in [0, 0.1) is 12.7 Å². The molecular weight excluding hydrogens is 305 g/mol. The van der Waals surface area contributed by atoms with Crippen molar-refractivity contribution in [2.24, 2.45) is 0 Å². The number of benzene rings is 2. The third-order valence-corrected chi connectivity index (χ3v) is 5.07. The molecule has 1 N–H and O–H groups in total. The predicted octanol–water partition coefficient (Wildman–Crippen LogP) is 3.18. The van der Waals surface area contributed by atoms with Gasteiger partial charge in [-0.1, -0.05) is 19.1 Å². The quantitative estimate of drug-likeness (QED) is 0.940. The molecule has 0 atom stereocenters. The highest BCUT2D eigenvalue weighted by atomic mass is 32.2. The van der Waals surface area contributed by atoms with E-state index in [-0.39, 0.29) is 16.2 Å². The van der Waals surface area contributed by atoms with Gasteiger partial charge >= 0.3 is 0 Å². The van der Waals surface area contributed by atoms with Crippen molar-refractivity contribution in [3.63, 3.8) is 0 Å². The molecule has 0 heterocycles. The fourth-order valence-corrected chi connectivity index (χ4v) is 3.13. The Morgan fingerprint density at radius 3 is 2.50 bits per heavy atom. The van der Waals surface area contributed by atoms with E-state index in [1.807, 2.05) is 0 Å². The van der Waals surface area contributed by atoms with Crippen molar-refractivity contribution in [2.75, 3.05) is 11.1 Å². The fourth-order valence-electron chi connectivity index (χ4n) is 2.04. The molecule has 0 saturated heterocycles. The van der Waals surface area contributed by atoms with E-state index in [4.69, 9.17) is 0 Å². The number of hydrogen-bond acceptors (Lipinski definition) is 3. The van der Waals surface area contributed by atoms with E-state index in [9.17, 15) is 17.6 Å². The second-order valence-electron chi connectivity index (χ2n) is 4.81. The molecule has 2 aromatic carbocycles. The van der Waals surface area contributed by atoms with Crippen LogP contribution in [0.1, 0.15) is 22.8 Å². The molecule has 2 rings (SSSR count). The number of nitrogens with one attached hydrogen (secondary N) is 1. The highest BCUT2D eigenvalue weighted by Gasteiger charge is 2.20. The molecule has 116 valence electrons. The molecule has 0 aliphatic carbocycles. The van der Waals surface area contributed by atoms with Gasteiger partial charge < -0.3 is 5.32 Å². The summed E-state index contributed by atoms with van der Waals surface area (Å²) >= 11 is 0. The van der Waals surface area contributed by atoms with Gasteiger partial charge in [0, 0.05) is 5.69 Å². The second kappa shape index (κ2) is 6.27. The first kappa shape index (κ1) is 16.2. The Bertz CT molecular complexity index is 816. The molecule has 2 aromatic rings. The van der Waals surface area contributed by atoms with Crippen molar-refractivity contribution in [3.05, 3.63) is 59.4 Å². The lowest BCUT2D eigenvalue weighted by Gasteiger charge is -2.11. The average molecular weight is 321 g/mol. The van der Waals surface area contributed by atoms with Gasteiger partial charge in [-0.3, -0.25) is 4.79 Å². The van der Waals surface area contributed by atoms with Gasteiger partial charge in [-0.15, -0.1) is 0 Å². The number of amides is 1. The summed E-state index contributed by atoms with van der Waals surface area (Å²) < 4.78 is 37.2. The van der Waals surface area contributed by atoms with Gasteiger partial charge in [-0.05, 0) is 42.8 Å². The molecule has 0 aliphatic rings. The SMILES string of the molecule is CCS(=O)(=O)c1ccccc1C(=O)Nc1ccc(F)cc1C. The molecule has 0 spiro atoms. The lowest BCUT2D eigenvalue weighted by atomic mass is 10.1.